The molecule has 2 N–H and O–H groups in total. The molecule has 0 radical (unpaired) electrons. The van der Waals surface area contributed by atoms with Crippen LogP contribution in [0.2, 0.25) is 0 Å². The first-order chi connectivity index (χ1) is 17.1. The van der Waals surface area contributed by atoms with Crippen LogP contribution in [0.5, 0.6) is 0 Å². The fourth-order valence-corrected chi connectivity index (χ4v) is 2.34. The van der Waals surface area contributed by atoms with Gasteiger partial charge < -0.3 is 20.1 Å². The molecule has 9 heteroatoms. The molecule has 0 aliphatic carbocycles. The minimum Gasteiger partial charge on any atom is -0.444 e. The molecule has 37 heavy (non-hydrogen) atoms. The number of rotatable bonds is 2. The van der Waals surface area contributed by atoms with Gasteiger partial charge in [-0.05, 0) is 95.6 Å². The minimum absolute atomic E-state index is 0.203. The predicted octanol–water partition coefficient (Wildman–Crippen LogP) is 5.56. The summed E-state index contributed by atoms with van der Waals surface area (Å²) in [4.78, 5) is 30.3. The number of pyridine rings is 2. The van der Waals surface area contributed by atoms with Gasteiger partial charge in [-0.15, -0.1) is 6.42 Å². The lowest BCUT2D eigenvalue weighted by atomic mass is 10.2. The van der Waals surface area contributed by atoms with E-state index in [9.17, 15) is 9.59 Å². The van der Waals surface area contributed by atoms with Gasteiger partial charge in [0.05, 0.1) is 24.5 Å². The summed E-state index contributed by atoms with van der Waals surface area (Å²) in [5, 5.41) is 4.97. The number of terminal acetylenes is 1. The Balaban J connectivity index is 0.000000579. The number of ether oxygens (including phenoxy) is 2. The van der Waals surface area contributed by atoms with Crippen molar-refractivity contribution in [1.29, 1.82) is 0 Å². The number of alkyl carbamates (subject to hydrolysis) is 2. The zero-order valence-corrected chi connectivity index (χ0v) is 24.4. The maximum atomic E-state index is 11.3. The van der Waals surface area contributed by atoms with Crippen LogP contribution < -0.4 is 10.6 Å². The smallest absolute Gasteiger partial charge is 0.408 e. The molecular formula is C28H37BrN4O4. The van der Waals surface area contributed by atoms with Gasteiger partial charge in [0.2, 0.25) is 0 Å². The van der Waals surface area contributed by atoms with Crippen LogP contribution in [-0.4, -0.2) is 46.4 Å². The van der Waals surface area contributed by atoms with Gasteiger partial charge in [-0.2, -0.15) is 0 Å². The summed E-state index contributed by atoms with van der Waals surface area (Å²) < 4.78 is 11.0. The molecule has 0 unspecified atom stereocenters. The second kappa shape index (κ2) is 17.0. The summed E-state index contributed by atoms with van der Waals surface area (Å²) in [5.41, 5.74) is 1.83. The number of aromatic nitrogens is 2. The average Bonchev–Trinajstić information content (AvgIpc) is 2.77. The number of hydrogen-bond acceptors (Lipinski definition) is 6. The quantitative estimate of drug-likeness (QED) is 0.456. The van der Waals surface area contributed by atoms with E-state index in [1.165, 1.54) is 0 Å². The second-order valence-electron chi connectivity index (χ2n) is 9.42. The van der Waals surface area contributed by atoms with Crippen LogP contribution in [0.3, 0.4) is 0 Å². The highest BCUT2D eigenvalue weighted by Crippen LogP contribution is 2.10. The lowest BCUT2D eigenvalue weighted by Gasteiger charge is -2.19. The Morgan fingerprint density at radius 3 is 1.78 bits per heavy atom. The molecule has 0 aromatic carbocycles. The Kier molecular flexibility index (Phi) is 15.4. The van der Waals surface area contributed by atoms with Gasteiger partial charge in [-0.25, -0.2) is 9.59 Å². The highest BCUT2D eigenvalue weighted by Gasteiger charge is 2.15. The molecule has 0 spiro atoms. The molecule has 0 saturated heterocycles. The minimum atomic E-state index is -0.489. The third kappa shape index (κ3) is 19.3. The summed E-state index contributed by atoms with van der Waals surface area (Å²) in [5.74, 6) is 8.08. The Hall–Kier alpha value is -3.56. The van der Waals surface area contributed by atoms with Crippen LogP contribution in [0, 0.1) is 38.0 Å². The Morgan fingerprint density at radius 2 is 1.38 bits per heavy atom. The molecule has 0 aliphatic heterocycles. The molecule has 0 bridgehead atoms. The third-order valence-corrected chi connectivity index (χ3v) is 4.46. The topological polar surface area (TPSA) is 102 Å². The van der Waals surface area contributed by atoms with Crippen LogP contribution in [0.25, 0.3) is 0 Å². The Bertz CT molecular complexity index is 1080. The van der Waals surface area contributed by atoms with Gasteiger partial charge in [0, 0.05) is 22.4 Å². The first-order valence-corrected chi connectivity index (χ1v) is 12.3. The third-order valence-electron chi connectivity index (χ3n) is 3.63. The number of nitrogens with one attached hydrogen (secondary N) is 2. The summed E-state index contributed by atoms with van der Waals surface area (Å²) >= 11 is 3.33. The van der Waals surface area contributed by atoms with Crippen molar-refractivity contribution in [2.75, 3.05) is 13.1 Å². The van der Waals surface area contributed by atoms with Crippen LogP contribution in [0.4, 0.5) is 9.59 Å². The molecule has 2 amide bonds. The van der Waals surface area contributed by atoms with Crippen molar-refractivity contribution < 1.29 is 19.1 Å². The molecule has 0 aliphatic rings. The summed E-state index contributed by atoms with van der Waals surface area (Å²) in [6.45, 7) is 15.1. The summed E-state index contributed by atoms with van der Waals surface area (Å²) in [6.07, 6.45) is 7.48. The molecule has 8 nitrogen and oxygen atoms in total. The molecule has 0 atom stereocenters. The van der Waals surface area contributed by atoms with Gasteiger partial charge in [0.25, 0.3) is 0 Å². The zero-order chi connectivity index (χ0) is 28.5. The van der Waals surface area contributed by atoms with E-state index in [-0.39, 0.29) is 13.1 Å². The number of nitrogens with zero attached hydrogens (tertiary/aromatic N) is 2. The number of halogens is 1. The number of aryl methyl sites for hydroxylation is 2. The summed E-state index contributed by atoms with van der Waals surface area (Å²) in [6, 6.07) is 7.60. The molecule has 200 valence electrons. The molecular weight excluding hydrogens is 536 g/mol. The van der Waals surface area contributed by atoms with Crippen molar-refractivity contribution in [1.82, 2.24) is 20.6 Å². The molecule has 0 fully saturated rings. The van der Waals surface area contributed by atoms with E-state index < -0.39 is 23.4 Å². The fraction of sp³-hybridized carbons (Fsp3) is 0.429. The van der Waals surface area contributed by atoms with Crippen LogP contribution in [0.15, 0.2) is 41.1 Å². The number of carbonyl (C=O) groups is 2. The van der Waals surface area contributed by atoms with Crippen LogP contribution in [0.1, 0.15) is 58.5 Å². The SMILES string of the molecule is C#CCNC(=O)OC(C)(C)C.Cc1ncccc1Br.Cc1ncccc1C#CCNC(=O)OC(C)(C)C. The molecule has 2 heterocycles. The van der Waals surface area contributed by atoms with Crippen molar-refractivity contribution in [2.24, 2.45) is 0 Å². The van der Waals surface area contributed by atoms with E-state index in [2.05, 4.69) is 54.3 Å². The van der Waals surface area contributed by atoms with Crippen molar-refractivity contribution >= 4 is 28.1 Å². The highest BCUT2D eigenvalue weighted by atomic mass is 79.9. The average molecular weight is 574 g/mol. The molecule has 2 rings (SSSR count). The van der Waals surface area contributed by atoms with Crippen molar-refractivity contribution in [3.8, 4) is 24.2 Å². The fourth-order valence-electron chi connectivity index (χ4n) is 2.09. The lowest BCUT2D eigenvalue weighted by molar-refractivity contribution is 0.0523. The normalized spacial score (nSPS) is 9.95. The summed E-state index contributed by atoms with van der Waals surface area (Å²) in [7, 11) is 0. The van der Waals surface area contributed by atoms with Crippen molar-refractivity contribution in [3.05, 3.63) is 58.1 Å². The van der Waals surface area contributed by atoms with Crippen molar-refractivity contribution in [3.63, 3.8) is 0 Å². The van der Waals surface area contributed by atoms with Crippen molar-refractivity contribution in [2.45, 2.75) is 66.6 Å². The van der Waals surface area contributed by atoms with E-state index in [0.717, 1.165) is 21.4 Å². The molecule has 2 aromatic rings. The maximum Gasteiger partial charge on any atom is 0.408 e. The first-order valence-electron chi connectivity index (χ1n) is 11.5. The van der Waals surface area contributed by atoms with Crippen LogP contribution in [-0.2, 0) is 9.47 Å². The van der Waals surface area contributed by atoms with Gasteiger partial charge in [-0.1, -0.05) is 17.8 Å². The molecule has 2 aromatic heterocycles. The number of carbonyl (C=O) groups excluding carboxylic acids is 2. The van der Waals surface area contributed by atoms with E-state index in [1.54, 1.807) is 33.2 Å². The zero-order valence-electron chi connectivity index (χ0n) is 22.9. The largest absolute Gasteiger partial charge is 0.444 e. The standard InChI is InChI=1S/C14H18N2O2.C8H13NO2.C6H6BrN/c1-11-12(7-5-9-15-11)8-6-10-16-13(17)18-14(2,3)4;1-5-6-9-7(10)11-8(2,3)4;1-5-6(7)3-2-4-8-5/h5,7,9H,10H2,1-4H3,(H,16,17);1H,6H2,2-4H3,(H,9,10);2-4H,1H3. The van der Waals surface area contributed by atoms with E-state index in [4.69, 9.17) is 15.9 Å². The van der Waals surface area contributed by atoms with Gasteiger partial charge in [0.15, 0.2) is 0 Å². The monoisotopic (exact) mass is 572 g/mol. The maximum absolute atomic E-state index is 11.3. The van der Waals surface area contributed by atoms with E-state index >= 15 is 0 Å². The van der Waals surface area contributed by atoms with E-state index in [0.29, 0.717) is 0 Å². The predicted molar refractivity (Wildman–Crippen MR) is 150 cm³/mol. The second-order valence-corrected chi connectivity index (χ2v) is 10.3. The van der Waals surface area contributed by atoms with E-state index in [1.807, 2.05) is 58.9 Å². The van der Waals surface area contributed by atoms with Crippen LogP contribution >= 0.6 is 15.9 Å². The lowest BCUT2D eigenvalue weighted by Crippen LogP contribution is -2.32. The van der Waals surface area contributed by atoms with Gasteiger partial charge in [-0.3, -0.25) is 9.97 Å². The Morgan fingerprint density at radius 1 is 0.892 bits per heavy atom. The van der Waals surface area contributed by atoms with Gasteiger partial charge in [0.1, 0.15) is 11.2 Å². The number of hydrogen-bond donors (Lipinski definition) is 2. The molecule has 0 saturated carbocycles. The highest BCUT2D eigenvalue weighted by molar-refractivity contribution is 9.10. The Labute approximate surface area is 229 Å². The van der Waals surface area contributed by atoms with Gasteiger partial charge >= 0.3 is 12.2 Å². The first kappa shape index (κ1) is 33.4. The number of amides is 2.